The number of hydrogen-bond donors (Lipinski definition) is 1. The van der Waals surface area contributed by atoms with Crippen molar-refractivity contribution >= 4 is 15.9 Å². The van der Waals surface area contributed by atoms with Gasteiger partial charge >= 0.3 is 12.2 Å². The third-order valence-electron chi connectivity index (χ3n) is 4.12. The highest BCUT2D eigenvalue weighted by atomic mass is 79.9. The summed E-state index contributed by atoms with van der Waals surface area (Å²) >= 11 is 3.27. The maximum Gasteiger partial charge on any atom is 0.507 e. The lowest BCUT2D eigenvalue weighted by atomic mass is 9.64. The minimum atomic E-state index is -4.71. The summed E-state index contributed by atoms with van der Waals surface area (Å²) in [5, 5.41) is 0. The molecule has 1 aromatic rings. The van der Waals surface area contributed by atoms with Crippen LogP contribution in [-0.2, 0) is 5.41 Å². The SMILES string of the molecule is NCC1(c2cc3c(cc2Br)OC(F)(F)C(F)(F)O3)CCC1. The molecule has 0 atom stereocenters. The van der Waals surface area contributed by atoms with Crippen molar-refractivity contribution < 1.29 is 27.0 Å². The van der Waals surface area contributed by atoms with Crippen molar-refractivity contribution in [1.29, 1.82) is 0 Å². The zero-order valence-corrected chi connectivity index (χ0v) is 12.4. The predicted molar refractivity (Wildman–Crippen MR) is 69.9 cm³/mol. The van der Waals surface area contributed by atoms with Crippen LogP contribution in [0.1, 0.15) is 24.8 Å². The molecule has 0 unspecified atom stereocenters. The van der Waals surface area contributed by atoms with Crippen molar-refractivity contribution in [2.45, 2.75) is 36.9 Å². The van der Waals surface area contributed by atoms with Gasteiger partial charge in [0.25, 0.3) is 0 Å². The zero-order valence-electron chi connectivity index (χ0n) is 10.8. The third-order valence-corrected chi connectivity index (χ3v) is 4.78. The Labute approximate surface area is 126 Å². The lowest BCUT2D eigenvalue weighted by Crippen LogP contribution is -2.52. The summed E-state index contributed by atoms with van der Waals surface area (Å²) < 4.78 is 61.5. The summed E-state index contributed by atoms with van der Waals surface area (Å²) in [4.78, 5) is 0. The van der Waals surface area contributed by atoms with Crippen LogP contribution in [0.5, 0.6) is 11.5 Å². The lowest BCUT2D eigenvalue weighted by Gasteiger charge is -2.43. The van der Waals surface area contributed by atoms with Crippen LogP contribution in [0, 0.1) is 0 Å². The molecule has 2 aliphatic rings. The summed E-state index contributed by atoms with van der Waals surface area (Å²) in [6.07, 6.45) is -6.81. The summed E-state index contributed by atoms with van der Waals surface area (Å²) in [5.74, 6) is -0.822. The first-order valence-electron chi connectivity index (χ1n) is 6.39. The van der Waals surface area contributed by atoms with Crippen molar-refractivity contribution in [3.63, 3.8) is 0 Å². The number of rotatable bonds is 2. The van der Waals surface area contributed by atoms with Crippen molar-refractivity contribution in [2.24, 2.45) is 5.73 Å². The number of ether oxygens (including phenoxy) is 2. The van der Waals surface area contributed by atoms with E-state index in [2.05, 4.69) is 25.4 Å². The Morgan fingerprint density at radius 2 is 1.57 bits per heavy atom. The molecule has 1 aliphatic heterocycles. The molecule has 8 heteroatoms. The molecule has 1 saturated carbocycles. The monoisotopic (exact) mass is 369 g/mol. The van der Waals surface area contributed by atoms with E-state index in [0.29, 0.717) is 16.6 Å². The Morgan fingerprint density at radius 3 is 2.00 bits per heavy atom. The first kappa shape index (κ1) is 14.9. The van der Waals surface area contributed by atoms with Gasteiger partial charge in [-0.05, 0) is 30.5 Å². The fraction of sp³-hybridized carbons (Fsp3) is 0.538. The molecule has 21 heavy (non-hydrogen) atoms. The zero-order chi connectivity index (χ0) is 15.5. The maximum atomic E-state index is 13.2. The van der Waals surface area contributed by atoms with Gasteiger partial charge in [-0.1, -0.05) is 22.4 Å². The van der Waals surface area contributed by atoms with E-state index in [1.165, 1.54) is 12.1 Å². The predicted octanol–water partition coefficient (Wildman–Crippen LogP) is 3.79. The van der Waals surface area contributed by atoms with Crippen molar-refractivity contribution in [1.82, 2.24) is 0 Å². The number of fused-ring (bicyclic) bond motifs is 1. The van der Waals surface area contributed by atoms with E-state index in [1.807, 2.05) is 0 Å². The Hall–Kier alpha value is -1.02. The van der Waals surface area contributed by atoms with Gasteiger partial charge in [0.05, 0.1) is 0 Å². The van der Waals surface area contributed by atoms with Crippen LogP contribution < -0.4 is 15.2 Å². The molecule has 3 nitrogen and oxygen atoms in total. The smallest absolute Gasteiger partial charge is 0.421 e. The largest absolute Gasteiger partial charge is 0.507 e. The van der Waals surface area contributed by atoms with E-state index in [0.717, 1.165) is 19.3 Å². The normalized spacial score (nSPS) is 24.3. The van der Waals surface area contributed by atoms with Crippen molar-refractivity contribution in [3.8, 4) is 11.5 Å². The van der Waals surface area contributed by atoms with Crippen LogP contribution in [0.25, 0.3) is 0 Å². The van der Waals surface area contributed by atoms with Gasteiger partial charge in [0.1, 0.15) is 0 Å². The third kappa shape index (κ3) is 2.11. The summed E-state index contributed by atoms with van der Waals surface area (Å²) in [7, 11) is 0. The van der Waals surface area contributed by atoms with Crippen LogP contribution in [-0.4, -0.2) is 18.8 Å². The number of alkyl halides is 4. The molecule has 1 aliphatic carbocycles. The van der Waals surface area contributed by atoms with Crippen LogP contribution in [0.4, 0.5) is 17.6 Å². The molecule has 0 spiro atoms. The molecule has 0 bridgehead atoms. The summed E-state index contributed by atoms with van der Waals surface area (Å²) in [6, 6.07) is 2.54. The molecule has 0 amide bonds. The first-order chi connectivity index (χ1) is 9.71. The molecule has 0 radical (unpaired) electrons. The molecule has 1 aromatic carbocycles. The van der Waals surface area contributed by atoms with Gasteiger partial charge < -0.3 is 15.2 Å². The molecule has 1 fully saturated rings. The van der Waals surface area contributed by atoms with Gasteiger partial charge in [0.15, 0.2) is 11.5 Å². The average Bonchev–Trinajstić information content (AvgIpc) is 2.31. The highest BCUT2D eigenvalue weighted by Gasteiger charge is 2.66. The maximum absolute atomic E-state index is 13.2. The Kier molecular flexibility index (Phi) is 3.18. The topological polar surface area (TPSA) is 44.5 Å². The Balaban J connectivity index is 2.06. The van der Waals surface area contributed by atoms with E-state index in [1.54, 1.807) is 0 Å². The average molecular weight is 370 g/mol. The number of benzene rings is 1. The van der Waals surface area contributed by atoms with E-state index >= 15 is 0 Å². The molecule has 0 aromatic heterocycles. The molecule has 116 valence electrons. The van der Waals surface area contributed by atoms with E-state index in [9.17, 15) is 17.6 Å². The standard InChI is InChI=1S/C13H12BrF4NO2/c14-8-5-10-9(20-12(15,16)13(17,18)21-10)4-7(8)11(6-19)2-1-3-11/h4-5H,1-3,6,19H2. The fourth-order valence-corrected chi connectivity index (χ4v) is 3.43. The van der Waals surface area contributed by atoms with Crippen LogP contribution in [0.2, 0.25) is 0 Å². The highest BCUT2D eigenvalue weighted by Crippen LogP contribution is 2.52. The first-order valence-corrected chi connectivity index (χ1v) is 7.18. The summed E-state index contributed by atoms with van der Waals surface area (Å²) in [5.41, 5.74) is 6.13. The number of nitrogens with two attached hydrogens (primary N) is 1. The van der Waals surface area contributed by atoms with Gasteiger partial charge in [-0.25, -0.2) is 0 Å². The van der Waals surface area contributed by atoms with Gasteiger partial charge in [0.2, 0.25) is 0 Å². The second-order valence-electron chi connectivity index (χ2n) is 5.35. The van der Waals surface area contributed by atoms with Gasteiger partial charge in [-0.3, -0.25) is 0 Å². The van der Waals surface area contributed by atoms with Gasteiger partial charge in [0, 0.05) is 16.4 Å². The molecule has 1 heterocycles. The Morgan fingerprint density at radius 1 is 1.05 bits per heavy atom. The second kappa shape index (κ2) is 4.49. The molecule has 2 N–H and O–H groups in total. The Bertz CT molecular complexity index is 584. The van der Waals surface area contributed by atoms with Crippen molar-refractivity contribution in [3.05, 3.63) is 22.2 Å². The van der Waals surface area contributed by atoms with Crippen LogP contribution in [0.15, 0.2) is 16.6 Å². The molecule has 0 saturated heterocycles. The number of hydrogen-bond acceptors (Lipinski definition) is 3. The van der Waals surface area contributed by atoms with Crippen molar-refractivity contribution in [2.75, 3.05) is 6.54 Å². The quantitative estimate of drug-likeness (QED) is 0.806. The molecular weight excluding hydrogens is 358 g/mol. The lowest BCUT2D eigenvalue weighted by molar-refractivity contribution is -0.391. The highest BCUT2D eigenvalue weighted by molar-refractivity contribution is 9.10. The fourth-order valence-electron chi connectivity index (χ4n) is 2.68. The summed E-state index contributed by atoms with van der Waals surface area (Å²) in [6.45, 7) is 0.345. The minimum Gasteiger partial charge on any atom is -0.421 e. The molecular formula is C13H12BrF4NO2. The van der Waals surface area contributed by atoms with Crippen LogP contribution >= 0.6 is 15.9 Å². The van der Waals surface area contributed by atoms with E-state index in [4.69, 9.17) is 5.73 Å². The van der Waals surface area contributed by atoms with E-state index < -0.39 is 23.7 Å². The number of halogens is 5. The second-order valence-corrected chi connectivity index (χ2v) is 6.21. The van der Waals surface area contributed by atoms with Crippen LogP contribution in [0.3, 0.4) is 0 Å². The van der Waals surface area contributed by atoms with Gasteiger partial charge in [-0.15, -0.1) is 0 Å². The minimum absolute atomic E-state index is 0.327. The van der Waals surface area contributed by atoms with E-state index in [-0.39, 0.29) is 5.41 Å². The molecule has 3 rings (SSSR count). The van der Waals surface area contributed by atoms with Gasteiger partial charge in [-0.2, -0.15) is 17.6 Å².